The van der Waals surface area contributed by atoms with E-state index in [0.717, 1.165) is 0 Å². The molecule has 0 fully saturated rings. The third-order valence-electron chi connectivity index (χ3n) is 1.67. The Labute approximate surface area is 91.9 Å². The molecule has 0 aliphatic heterocycles. The van der Waals surface area contributed by atoms with Crippen LogP contribution in [0.1, 0.15) is 16.6 Å². The summed E-state index contributed by atoms with van der Waals surface area (Å²) in [5, 5.41) is 9.11. The second-order valence-corrected chi connectivity index (χ2v) is 4.85. The third-order valence-corrected chi connectivity index (χ3v) is 2.89. The van der Waals surface area contributed by atoms with E-state index in [4.69, 9.17) is 16.7 Å². The van der Waals surface area contributed by atoms with E-state index >= 15 is 0 Å². The number of aliphatic hydroxyl groups is 1. The van der Waals surface area contributed by atoms with Gasteiger partial charge in [0.25, 0.3) is 5.91 Å². The molecular formula is C9H12ClNO2S. The number of hydrogen-bond acceptors (Lipinski definition) is 3. The van der Waals surface area contributed by atoms with Gasteiger partial charge in [-0.05, 0) is 19.1 Å². The molecule has 0 bridgehead atoms. The molecule has 78 valence electrons. The predicted molar refractivity (Wildman–Crippen MR) is 58.0 cm³/mol. The van der Waals surface area contributed by atoms with E-state index in [0.29, 0.717) is 15.8 Å². The van der Waals surface area contributed by atoms with Gasteiger partial charge in [0.15, 0.2) is 0 Å². The van der Waals surface area contributed by atoms with E-state index in [2.05, 4.69) is 0 Å². The summed E-state index contributed by atoms with van der Waals surface area (Å²) in [6, 6.07) is 3.38. The fraction of sp³-hybridized carbons (Fsp3) is 0.444. The Morgan fingerprint density at radius 3 is 2.79 bits per heavy atom. The molecule has 1 aromatic heterocycles. The van der Waals surface area contributed by atoms with Crippen LogP contribution >= 0.6 is 22.9 Å². The molecule has 0 aliphatic carbocycles. The van der Waals surface area contributed by atoms with Crippen LogP contribution in [0.3, 0.4) is 0 Å². The van der Waals surface area contributed by atoms with Crippen molar-refractivity contribution in [1.82, 2.24) is 4.90 Å². The standard InChI is InChI=1S/C9H12ClNO2S/c1-6(12)5-11(2)9(13)7-3-4-8(10)14-7/h3-4,6,12H,5H2,1-2H3. The molecule has 14 heavy (non-hydrogen) atoms. The average molecular weight is 234 g/mol. The van der Waals surface area contributed by atoms with Gasteiger partial charge in [-0.25, -0.2) is 0 Å². The van der Waals surface area contributed by atoms with Crippen LogP contribution in [0.15, 0.2) is 12.1 Å². The van der Waals surface area contributed by atoms with E-state index in [-0.39, 0.29) is 5.91 Å². The van der Waals surface area contributed by atoms with E-state index in [1.807, 2.05) is 0 Å². The fourth-order valence-electron chi connectivity index (χ4n) is 1.10. The molecule has 0 saturated heterocycles. The summed E-state index contributed by atoms with van der Waals surface area (Å²) in [4.78, 5) is 13.7. The quantitative estimate of drug-likeness (QED) is 0.866. The molecule has 1 atom stereocenters. The summed E-state index contributed by atoms with van der Waals surface area (Å²) in [6.45, 7) is 1.97. The molecule has 0 aromatic carbocycles. The van der Waals surface area contributed by atoms with Gasteiger partial charge in [-0.3, -0.25) is 4.79 Å². The average Bonchev–Trinajstić information content (AvgIpc) is 2.49. The van der Waals surface area contributed by atoms with Crippen molar-refractivity contribution >= 4 is 28.8 Å². The molecule has 1 unspecified atom stereocenters. The number of carbonyl (C=O) groups excluding carboxylic acids is 1. The normalized spacial score (nSPS) is 12.6. The predicted octanol–water partition coefficient (Wildman–Crippen LogP) is 1.85. The van der Waals surface area contributed by atoms with Crippen molar-refractivity contribution in [3.05, 3.63) is 21.3 Å². The largest absolute Gasteiger partial charge is 0.392 e. The molecule has 0 saturated carbocycles. The third kappa shape index (κ3) is 2.97. The zero-order chi connectivity index (χ0) is 10.7. The number of halogens is 1. The highest BCUT2D eigenvalue weighted by atomic mass is 35.5. The van der Waals surface area contributed by atoms with Gasteiger partial charge in [0, 0.05) is 13.6 Å². The second kappa shape index (κ2) is 4.77. The molecule has 1 rings (SSSR count). The summed E-state index contributed by atoms with van der Waals surface area (Å²) >= 11 is 6.96. The topological polar surface area (TPSA) is 40.5 Å². The zero-order valence-corrected chi connectivity index (χ0v) is 9.60. The Balaban J connectivity index is 2.65. The number of aliphatic hydroxyl groups excluding tert-OH is 1. The molecule has 1 aromatic rings. The van der Waals surface area contributed by atoms with Gasteiger partial charge in [-0.2, -0.15) is 0 Å². The molecule has 3 nitrogen and oxygen atoms in total. The fourth-order valence-corrected chi connectivity index (χ4v) is 2.13. The summed E-state index contributed by atoms with van der Waals surface area (Å²) < 4.78 is 0.596. The smallest absolute Gasteiger partial charge is 0.263 e. The van der Waals surface area contributed by atoms with Gasteiger partial charge in [0.1, 0.15) is 0 Å². The maximum absolute atomic E-state index is 11.7. The molecule has 1 N–H and O–H groups in total. The van der Waals surface area contributed by atoms with Crippen molar-refractivity contribution in [2.75, 3.05) is 13.6 Å². The zero-order valence-electron chi connectivity index (χ0n) is 8.03. The summed E-state index contributed by atoms with van der Waals surface area (Å²) in [5.41, 5.74) is 0. The van der Waals surface area contributed by atoms with Gasteiger partial charge in [0.05, 0.1) is 15.3 Å². The minimum Gasteiger partial charge on any atom is -0.392 e. The number of nitrogens with zero attached hydrogens (tertiary/aromatic N) is 1. The Kier molecular flexibility index (Phi) is 3.92. The molecule has 1 amide bonds. The SMILES string of the molecule is CC(O)CN(C)C(=O)c1ccc(Cl)s1. The summed E-state index contributed by atoms with van der Waals surface area (Å²) in [6.07, 6.45) is -0.514. The van der Waals surface area contributed by atoms with Crippen molar-refractivity contribution < 1.29 is 9.90 Å². The van der Waals surface area contributed by atoms with Crippen LogP contribution in [0.4, 0.5) is 0 Å². The Hall–Kier alpha value is -0.580. The van der Waals surface area contributed by atoms with Crippen LogP contribution in [-0.4, -0.2) is 35.6 Å². The number of rotatable bonds is 3. The number of amides is 1. The first-order valence-corrected chi connectivity index (χ1v) is 5.39. The van der Waals surface area contributed by atoms with Crippen molar-refractivity contribution in [2.45, 2.75) is 13.0 Å². The van der Waals surface area contributed by atoms with Crippen molar-refractivity contribution in [1.29, 1.82) is 0 Å². The van der Waals surface area contributed by atoms with E-state index < -0.39 is 6.10 Å². The molecule has 1 heterocycles. The number of likely N-dealkylation sites (N-methyl/N-ethyl adjacent to an activating group) is 1. The lowest BCUT2D eigenvalue weighted by atomic mass is 10.3. The summed E-state index contributed by atoms with van der Waals surface area (Å²) in [5.74, 6) is -0.109. The Morgan fingerprint density at radius 1 is 1.71 bits per heavy atom. The van der Waals surface area contributed by atoms with Gasteiger partial charge < -0.3 is 10.0 Å². The Bertz CT molecular complexity index is 324. The highest BCUT2D eigenvalue weighted by Gasteiger charge is 2.14. The minimum atomic E-state index is -0.514. The molecule has 0 aliphatic rings. The lowest BCUT2D eigenvalue weighted by molar-refractivity contribution is 0.0708. The first-order chi connectivity index (χ1) is 6.50. The summed E-state index contributed by atoms with van der Waals surface area (Å²) in [7, 11) is 1.66. The Morgan fingerprint density at radius 2 is 2.36 bits per heavy atom. The van der Waals surface area contributed by atoms with Gasteiger partial charge in [0.2, 0.25) is 0 Å². The molecule has 0 radical (unpaired) electrons. The van der Waals surface area contributed by atoms with Gasteiger partial charge in [-0.15, -0.1) is 11.3 Å². The lowest BCUT2D eigenvalue weighted by Crippen LogP contribution is -2.32. The van der Waals surface area contributed by atoms with Crippen LogP contribution in [0.2, 0.25) is 4.34 Å². The van der Waals surface area contributed by atoms with E-state index in [9.17, 15) is 4.79 Å². The molecule has 0 spiro atoms. The lowest BCUT2D eigenvalue weighted by Gasteiger charge is -2.17. The maximum atomic E-state index is 11.7. The highest BCUT2D eigenvalue weighted by Crippen LogP contribution is 2.22. The van der Waals surface area contributed by atoms with E-state index in [1.165, 1.54) is 16.2 Å². The first-order valence-electron chi connectivity index (χ1n) is 4.19. The molecular weight excluding hydrogens is 222 g/mol. The van der Waals surface area contributed by atoms with Crippen molar-refractivity contribution in [3.8, 4) is 0 Å². The van der Waals surface area contributed by atoms with Crippen LogP contribution in [0.25, 0.3) is 0 Å². The van der Waals surface area contributed by atoms with Crippen LogP contribution in [0.5, 0.6) is 0 Å². The second-order valence-electron chi connectivity index (χ2n) is 3.14. The first kappa shape index (κ1) is 11.5. The monoisotopic (exact) mass is 233 g/mol. The number of hydrogen-bond donors (Lipinski definition) is 1. The van der Waals surface area contributed by atoms with Crippen LogP contribution in [-0.2, 0) is 0 Å². The van der Waals surface area contributed by atoms with Gasteiger partial charge >= 0.3 is 0 Å². The van der Waals surface area contributed by atoms with Gasteiger partial charge in [-0.1, -0.05) is 11.6 Å². The van der Waals surface area contributed by atoms with Crippen molar-refractivity contribution in [2.24, 2.45) is 0 Å². The molecule has 5 heteroatoms. The van der Waals surface area contributed by atoms with Crippen LogP contribution in [0, 0.1) is 0 Å². The minimum absolute atomic E-state index is 0.109. The number of thiophene rings is 1. The van der Waals surface area contributed by atoms with Crippen molar-refractivity contribution in [3.63, 3.8) is 0 Å². The highest BCUT2D eigenvalue weighted by molar-refractivity contribution is 7.17. The van der Waals surface area contributed by atoms with Crippen LogP contribution < -0.4 is 0 Å². The number of carbonyl (C=O) groups is 1. The maximum Gasteiger partial charge on any atom is 0.263 e. The van der Waals surface area contributed by atoms with E-state index in [1.54, 1.807) is 26.1 Å².